The maximum absolute atomic E-state index is 12.2. The first kappa shape index (κ1) is 14.5. The van der Waals surface area contributed by atoms with Crippen LogP contribution < -0.4 is 15.8 Å². The van der Waals surface area contributed by atoms with E-state index in [0.29, 0.717) is 30.9 Å². The highest BCUT2D eigenvalue weighted by Crippen LogP contribution is 2.25. The van der Waals surface area contributed by atoms with Gasteiger partial charge in [0.25, 0.3) is 0 Å². The smallest absolute Gasteiger partial charge is 0.244 e. The SMILES string of the molecule is CCOc1ccccc1NC(=O)C(N)(CC)CC. The summed E-state index contributed by atoms with van der Waals surface area (Å²) in [5.41, 5.74) is 5.91. The molecule has 0 heterocycles. The molecule has 0 radical (unpaired) electrons. The molecule has 0 spiro atoms. The number of ether oxygens (including phenoxy) is 1. The normalized spacial score (nSPS) is 11.1. The van der Waals surface area contributed by atoms with E-state index >= 15 is 0 Å². The number of carbonyl (C=O) groups is 1. The molecule has 0 unspecified atom stereocenters. The van der Waals surface area contributed by atoms with Gasteiger partial charge in [0.15, 0.2) is 0 Å². The molecule has 0 fully saturated rings. The molecule has 0 saturated heterocycles. The van der Waals surface area contributed by atoms with Crippen molar-refractivity contribution in [1.82, 2.24) is 0 Å². The molecule has 0 bridgehead atoms. The van der Waals surface area contributed by atoms with E-state index < -0.39 is 5.54 Å². The number of rotatable bonds is 6. The zero-order valence-corrected chi connectivity index (χ0v) is 11.3. The highest BCUT2D eigenvalue weighted by atomic mass is 16.5. The molecule has 100 valence electrons. The lowest BCUT2D eigenvalue weighted by Crippen LogP contribution is -2.50. The number of para-hydroxylation sites is 2. The predicted molar refractivity (Wildman–Crippen MR) is 73.7 cm³/mol. The Morgan fingerprint density at radius 3 is 2.44 bits per heavy atom. The Morgan fingerprint density at radius 2 is 1.89 bits per heavy atom. The van der Waals surface area contributed by atoms with Crippen LogP contribution in [0.1, 0.15) is 33.6 Å². The van der Waals surface area contributed by atoms with Crippen LogP contribution in [0.25, 0.3) is 0 Å². The Morgan fingerprint density at radius 1 is 1.28 bits per heavy atom. The van der Waals surface area contributed by atoms with Crippen molar-refractivity contribution in [3.8, 4) is 5.75 Å². The van der Waals surface area contributed by atoms with E-state index in [1.165, 1.54) is 0 Å². The Balaban J connectivity index is 2.87. The topological polar surface area (TPSA) is 64.3 Å². The van der Waals surface area contributed by atoms with E-state index in [-0.39, 0.29) is 5.91 Å². The van der Waals surface area contributed by atoms with E-state index in [1.54, 1.807) is 0 Å². The third-order valence-corrected chi connectivity index (χ3v) is 3.15. The molecule has 4 heteroatoms. The fourth-order valence-corrected chi connectivity index (χ4v) is 1.67. The van der Waals surface area contributed by atoms with Crippen molar-refractivity contribution < 1.29 is 9.53 Å². The van der Waals surface area contributed by atoms with Gasteiger partial charge in [-0.05, 0) is 31.9 Å². The monoisotopic (exact) mass is 250 g/mol. The molecule has 0 saturated carbocycles. The number of benzene rings is 1. The Labute approximate surface area is 109 Å². The summed E-state index contributed by atoms with van der Waals surface area (Å²) >= 11 is 0. The van der Waals surface area contributed by atoms with Gasteiger partial charge in [-0.25, -0.2) is 0 Å². The van der Waals surface area contributed by atoms with Gasteiger partial charge in [-0.15, -0.1) is 0 Å². The quantitative estimate of drug-likeness (QED) is 0.815. The van der Waals surface area contributed by atoms with Gasteiger partial charge in [-0.2, -0.15) is 0 Å². The lowest BCUT2D eigenvalue weighted by atomic mass is 9.93. The molecule has 0 aliphatic rings. The van der Waals surface area contributed by atoms with Crippen molar-refractivity contribution in [1.29, 1.82) is 0 Å². The number of carbonyl (C=O) groups excluding carboxylic acids is 1. The molecule has 1 amide bonds. The van der Waals surface area contributed by atoms with Crippen LogP contribution in [0.2, 0.25) is 0 Å². The number of anilines is 1. The zero-order chi connectivity index (χ0) is 13.6. The van der Waals surface area contributed by atoms with Gasteiger partial charge >= 0.3 is 0 Å². The molecule has 3 N–H and O–H groups in total. The van der Waals surface area contributed by atoms with Crippen molar-refractivity contribution in [2.24, 2.45) is 5.73 Å². The summed E-state index contributed by atoms with van der Waals surface area (Å²) in [5.74, 6) is 0.502. The van der Waals surface area contributed by atoms with Crippen LogP contribution >= 0.6 is 0 Å². The summed E-state index contributed by atoms with van der Waals surface area (Å²) in [7, 11) is 0. The molecular weight excluding hydrogens is 228 g/mol. The minimum Gasteiger partial charge on any atom is -0.492 e. The van der Waals surface area contributed by atoms with E-state index in [9.17, 15) is 4.79 Å². The van der Waals surface area contributed by atoms with Gasteiger partial charge < -0.3 is 15.8 Å². The van der Waals surface area contributed by atoms with E-state index in [0.717, 1.165) is 0 Å². The maximum atomic E-state index is 12.2. The van der Waals surface area contributed by atoms with Gasteiger partial charge in [-0.3, -0.25) is 4.79 Å². The largest absolute Gasteiger partial charge is 0.492 e. The Bertz CT molecular complexity index is 401. The van der Waals surface area contributed by atoms with Crippen LogP contribution in [0.5, 0.6) is 5.75 Å². The average Bonchev–Trinajstić information content (AvgIpc) is 2.40. The lowest BCUT2D eigenvalue weighted by molar-refractivity contribution is -0.121. The third kappa shape index (κ3) is 3.23. The fourth-order valence-electron chi connectivity index (χ4n) is 1.67. The first-order valence-electron chi connectivity index (χ1n) is 6.39. The molecule has 4 nitrogen and oxygen atoms in total. The summed E-state index contributed by atoms with van der Waals surface area (Å²) in [5, 5.41) is 2.85. The second-order valence-electron chi connectivity index (χ2n) is 4.25. The number of nitrogens with one attached hydrogen (secondary N) is 1. The first-order valence-corrected chi connectivity index (χ1v) is 6.39. The standard InChI is InChI=1S/C14H22N2O2/c1-4-14(15,5-2)13(17)16-11-9-7-8-10-12(11)18-6-3/h7-10H,4-6,15H2,1-3H3,(H,16,17). The number of hydrogen-bond donors (Lipinski definition) is 2. The van der Waals surface area contributed by atoms with Crippen molar-refractivity contribution >= 4 is 11.6 Å². The van der Waals surface area contributed by atoms with E-state index in [2.05, 4.69) is 5.32 Å². The molecule has 0 aliphatic heterocycles. The summed E-state index contributed by atoms with van der Waals surface area (Å²) in [6.45, 7) is 6.29. The van der Waals surface area contributed by atoms with Crippen LogP contribution in [-0.2, 0) is 4.79 Å². The highest BCUT2D eigenvalue weighted by molar-refractivity contribution is 5.98. The Hall–Kier alpha value is -1.55. The number of amides is 1. The van der Waals surface area contributed by atoms with Gasteiger partial charge in [-0.1, -0.05) is 26.0 Å². The van der Waals surface area contributed by atoms with E-state index in [1.807, 2.05) is 45.0 Å². The molecule has 0 aromatic heterocycles. The molecule has 18 heavy (non-hydrogen) atoms. The minimum absolute atomic E-state index is 0.167. The van der Waals surface area contributed by atoms with Gasteiger partial charge in [0.1, 0.15) is 5.75 Å². The number of nitrogens with two attached hydrogens (primary N) is 1. The van der Waals surface area contributed by atoms with Crippen molar-refractivity contribution in [2.75, 3.05) is 11.9 Å². The van der Waals surface area contributed by atoms with Crippen molar-refractivity contribution in [2.45, 2.75) is 39.2 Å². The van der Waals surface area contributed by atoms with Gasteiger partial charge in [0, 0.05) is 0 Å². The van der Waals surface area contributed by atoms with Crippen LogP contribution in [0.4, 0.5) is 5.69 Å². The first-order chi connectivity index (χ1) is 8.57. The molecule has 1 aromatic rings. The summed E-state index contributed by atoms with van der Waals surface area (Å²) < 4.78 is 5.46. The van der Waals surface area contributed by atoms with Crippen molar-refractivity contribution in [3.63, 3.8) is 0 Å². The van der Waals surface area contributed by atoms with Gasteiger partial charge in [0.2, 0.25) is 5.91 Å². The minimum atomic E-state index is -0.820. The molecule has 0 atom stereocenters. The highest BCUT2D eigenvalue weighted by Gasteiger charge is 2.30. The van der Waals surface area contributed by atoms with Crippen LogP contribution in [0, 0.1) is 0 Å². The summed E-state index contributed by atoms with van der Waals surface area (Å²) in [4.78, 5) is 12.2. The zero-order valence-electron chi connectivity index (χ0n) is 11.3. The third-order valence-electron chi connectivity index (χ3n) is 3.15. The average molecular weight is 250 g/mol. The van der Waals surface area contributed by atoms with E-state index in [4.69, 9.17) is 10.5 Å². The summed E-state index contributed by atoms with van der Waals surface area (Å²) in [6.07, 6.45) is 1.21. The summed E-state index contributed by atoms with van der Waals surface area (Å²) in [6, 6.07) is 7.37. The molecule has 0 aliphatic carbocycles. The number of hydrogen-bond acceptors (Lipinski definition) is 3. The maximum Gasteiger partial charge on any atom is 0.244 e. The molecule has 1 aromatic carbocycles. The van der Waals surface area contributed by atoms with Crippen LogP contribution in [0.15, 0.2) is 24.3 Å². The molecular formula is C14H22N2O2. The second kappa shape index (κ2) is 6.40. The fraction of sp³-hybridized carbons (Fsp3) is 0.500. The lowest BCUT2D eigenvalue weighted by Gasteiger charge is -2.25. The van der Waals surface area contributed by atoms with Crippen LogP contribution in [0.3, 0.4) is 0 Å². The predicted octanol–water partition coefficient (Wildman–Crippen LogP) is 2.54. The van der Waals surface area contributed by atoms with Crippen molar-refractivity contribution in [3.05, 3.63) is 24.3 Å². The van der Waals surface area contributed by atoms with Gasteiger partial charge in [0.05, 0.1) is 17.8 Å². The Kier molecular flexibility index (Phi) is 5.16. The van der Waals surface area contributed by atoms with Crippen LogP contribution in [-0.4, -0.2) is 18.1 Å². The molecule has 1 rings (SSSR count). The second-order valence-corrected chi connectivity index (χ2v) is 4.25.